The summed E-state index contributed by atoms with van der Waals surface area (Å²) < 4.78 is 5.40. The quantitative estimate of drug-likeness (QED) is 0.846. The summed E-state index contributed by atoms with van der Waals surface area (Å²) in [6.07, 6.45) is 5.30. The molecule has 1 aromatic carbocycles. The molecule has 0 aliphatic carbocycles. The predicted molar refractivity (Wildman–Crippen MR) is 94.5 cm³/mol. The Labute approximate surface area is 144 Å². The predicted octanol–water partition coefficient (Wildman–Crippen LogP) is 2.98. The van der Waals surface area contributed by atoms with Gasteiger partial charge >= 0.3 is 0 Å². The fraction of sp³-hybridized carbons (Fsp3) is 0.579. The maximum absolute atomic E-state index is 6.22. The highest BCUT2D eigenvalue weighted by atomic mass is 16.5. The Morgan fingerprint density at radius 1 is 1.25 bits per heavy atom. The monoisotopic (exact) mass is 328 g/mol. The van der Waals surface area contributed by atoms with E-state index < -0.39 is 0 Å². The molecule has 2 aromatic rings. The van der Waals surface area contributed by atoms with Crippen molar-refractivity contribution in [1.29, 1.82) is 0 Å². The molecular formula is C19H28N4O. The summed E-state index contributed by atoms with van der Waals surface area (Å²) in [5.41, 5.74) is 7.41. The Balaban J connectivity index is 1.50. The molecule has 5 heteroatoms. The van der Waals surface area contributed by atoms with Crippen LogP contribution in [-0.2, 0) is 12.8 Å². The molecule has 1 saturated heterocycles. The van der Waals surface area contributed by atoms with E-state index in [1.165, 1.54) is 44.5 Å². The van der Waals surface area contributed by atoms with E-state index in [4.69, 9.17) is 10.3 Å². The van der Waals surface area contributed by atoms with Gasteiger partial charge in [-0.15, -0.1) is 0 Å². The van der Waals surface area contributed by atoms with Gasteiger partial charge in [0.1, 0.15) is 0 Å². The summed E-state index contributed by atoms with van der Waals surface area (Å²) in [6, 6.07) is 9.95. The molecule has 0 saturated carbocycles. The molecule has 2 N–H and O–H groups in total. The fourth-order valence-electron chi connectivity index (χ4n) is 3.44. The first-order valence-corrected chi connectivity index (χ1v) is 9.09. The van der Waals surface area contributed by atoms with Gasteiger partial charge in [-0.1, -0.05) is 42.4 Å². The van der Waals surface area contributed by atoms with Crippen LogP contribution in [0.5, 0.6) is 0 Å². The molecule has 3 rings (SSSR count). The van der Waals surface area contributed by atoms with Crippen LogP contribution in [0.4, 0.5) is 0 Å². The number of nitrogens with two attached hydrogens (primary N) is 1. The minimum absolute atomic E-state index is 0.236. The van der Waals surface area contributed by atoms with Gasteiger partial charge < -0.3 is 15.2 Å². The van der Waals surface area contributed by atoms with Gasteiger partial charge in [-0.25, -0.2) is 0 Å². The average Bonchev–Trinajstić information content (AvgIpc) is 3.06. The van der Waals surface area contributed by atoms with Gasteiger partial charge in [0.15, 0.2) is 5.82 Å². The van der Waals surface area contributed by atoms with Crippen molar-refractivity contribution < 1.29 is 4.52 Å². The molecule has 5 nitrogen and oxygen atoms in total. The Kier molecular flexibility index (Phi) is 5.99. The number of piperidine rings is 1. The van der Waals surface area contributed by atoms with Crippen LogP contribution in [0.25, 0.3) is 0 Å². The Morgan fingerprint density at radius 2 is 2.00 bits per heavy atom. The minimum atomic E-state index is -0.236. The normalized spacial score (nSPS) is 17.9. The first kappa shape index (κ1) is 17.1. The zero-order chi connectivity index (χ0) is 16.8. The summed E-state index contributed by atoms with van der Waals surface area (Å²) in [7, 11) is 0. The first-order valence-electron chi connectivity index (χ1n) is 9.09. The van der Waals surface area contributed by atoms with Crippen LogP contribution in [0.1, 0.15) is 49.5 Å². The van der Waals surface area contributed by atoms with Crippen LogP contribution in [-0.4, -0.2) is 34.7 Å². The lowest BCUT2D eigenvalue weighted by atomic mass is 9.93. The molecule has 1 atom stereocenters. The van der Waals surface area contributed by atoms with E-state index in [-0.39, 0.29) is 6.04 Å². The summed E-state index contributed by atoms with van der Waals surface area (Å²) in [5, 5.41) is 4.15. The molecule has 0 amide bonds. The number of hydrogen-bond acceptors (Lipinski definition) is 5. The van der Waals surface area contributed by atoms with Gasteiger partial charge in [-0.05, 0) is 56.8 Å². The van der Waals surface area contributed by atoms with E-state index >= 15 is 0 Å². The topological polar surface area (TPSA) is 68.2 Å². The van der Waals surface area contributed by atoms with Crippen molar-refractivity contribution in [3.63, 3.8) is 0 Å². The second-order valence-electron chi connectivity index (χ2n) is 6.83. The van der Waals surface area contributed by atoms with Crippen molar-refractivity contribution in [2.24, 2.45) is 11.7 Å². The van der Waals surface area contributed by atoms with Gasteiger partial charge in [-0.2, -0.15) is 4.98 Å². The third-order valence-electron chi connectivity index (χ3n) is 4.82. The maximum atomic E-state index is 6.22. The van der Waals surface area contributed by atoms with Crippen molar-refractivity contribution in [2.75, 3.05) is 19.6 Å². The van der Waals surface area contributed by atoms with Crippen molar-refractivity contribution in [3.8, 4) is 0 Å². The number of nitrogens with zero attached hydrogens (tertiary/aromatic N) is 3. The van der Waals surface area contributed by atoms with E-state index in [0.717, 1.165) is 18.7 Å². The molecule has 2 heterocycles. The van der Waals surface area contributed by atoms with Crippen molar-refractivity contribution in [3.05, 3.63) is 47.6 Å². The number of rotatable bonds is 7. The van der Waals surface area contributed by atoms with Crippen LogP contribution in [0, 0.1) is 5.92 Å². The van der Waals surface area contributed by atoms with Gasteiger partial charge in [0.25, 0.3) is 0 Å². The number of aromatic nitrogens is 2. The third kappa shape index (κ3) is 4.65. The molecule has 24 heavy (non-hydrogen) atoms. The molecule has 1 aliphatic rings. The second kappa shape index (κ2) is 8.40. The smallest absolute Gasteiger partial charge is 0.243 e. The van der Waals surface area contributed by atoms with E-state index in [1.54, 1.807) is 0 Å². The fourth-order valence-corrected chi connectivity index (χ4v) is 3.44. The van der Waals surface area contributed by atoms with E-state index in [9.17, 15) is 0 Å². The van der Waals surface area contributed by atoms with Crippen LogP contribution < -0.4 is 5.73 Å². The van der Waals surface area contributed by atoms with Crippen LogP contribution in [0.15, 0.2) is 34.9 Å². The molecular weight excluding hydrogens is 300 g/mol. The van der Waals surface area contributed by atoms with E-state index in [1.807, 2.05) is 18.2 Å². The standard InChI is InChI=1S/C19H28N4O/c1-2-10-23-11-8-16(9-12-23)14-18-21-19(24-22-18)17(20)13-15-6-4-3-5-7-15/h3-7,16-17H,2,8-14,20H2,1H3/t17-/m0/s1. The van der Waals surface area contributed by atoms with Crippen molar-refractivity contribution >= 4 is 0 Å². The summed E-state index contributed by atoms with van der Waals surface area (Å²) in [6.45, 7) is 5.84. The molecule has 0 radical (unpaired) electrons. The molecule has 0 bridgehead atoms. The summed E-state index contributed by atoms with van der Waals surface area (Å²) >= 11 is 0. The molecule has 0 spiro atoms. The van der Waals surface area contributed by atoms with Crippen molar-refractivity contribution in [1.82, 2.24) is 15.0 Å². The van der Waals surface area contributed by atoms with Gasteiger partial charge in [0.2, 0.25) is 5.89 Å². The maximum Gasteiger partial charge on any atom is 0.243 e. The second-order valence-corrected chi connectivity index (χ2v) is 6.83. The highest BCUT2D eigenvalue weighted by molar-refractivity contribution is 5.16. The third-order valence-corrected chi connectivity index (χ3v) is 4.82. The van der Waals surface area contributed by atoms with E-state index in [0.29, 0.717) is 11.8 Å². The zero-order valence-corrected chi connectivity index (χ0v) is 14.5. The first-order chi connectivity index (χ1) is 11.7. The van der Waals surface area contributed by atoms with Crippen LogP contribution in [0.3, 0.4) is 0 Å². The SMILES string of the molecule is CCCN1CCC(Cc2noc([C@@H](N)Cc3ccccc3)n2)CC1. The minimum Gasteiger partial charge on any atom is -0.338 e. The molecule has 1 fully saturated rings. The summed E-state index contributed by atoms with van der Waals surface area (Å²) in [4.78, 5) is 7.09. The highest BCUT2D eigenvalue weighted by Gasteiger charge is 2.22. The lowest BCUT2D eigenvalue weighted by molar-refractivity contribution is 0.182. The van der Waals surface area contributed by atoms with E-state index in [2.05, 4.69) is 34.1 Å². The number of benzene rings is 1. The Bertz CT molecular complexity index is 605. The number of likely N-dealkylation sites (tertiary alicyclic amines) is 1. The summed E-state index contributed by atoms with van der Waals surface area (Å²) in [5.74, 6) is 2.02. The van der Waals surface area contributed by atoms with Crippen LogP contribution in [0.2, 0.25) is 0 Å². The van der Waals surface area contributed by atoms with Gasteiger partial charge in [0.05, 0.1) is 6.04 Å². The van der Waals surface area contributed by atoms with Crippen LogP contribution >= 0.6 is 0 Å². The van der Waals surface area contributed by atoms with Crippen molar-refractivity contribution in [2.45, 2.75) is 45.1 Å². The Morgan fingerprint density at radius 3 is 2.71 bits per heavy atom. The molecule has 130 valence electrons. The molecule has 0 unspecified atom stereocenters. The number of hydrogen-bond donors (Lipinski definition) is 1. The molecule has 1 aromatic heterocycles. The lowest BCUT2D eigenvalue weighted by Gasteiger charge is -2.31. The Hall–Kier alpha value is -1.72. The lowest BCUT2D eigenvalue weighted by Crippen LogP contribution is -2.34. The highest BCUT2D eigenvalue weighted by Crippen LogP contribution is 2.22. The zero-order valence-electron chi connectivity index (χ0n) is 14.5. The molecule has 1 aliphatic heterocycles. The van der Waals surface area contributed by atoms with Gasteiger partial charge in [0, 0.05) is 6.42 Å². The largest absolute Gasteiger partial charge is 0.338 e. The van der Waals surface area contributed by atoms with Gasteiger partial charge in [-0.3, -0.25) is 0 Å². The average molecular weight is 328 g/mol.